The van der Waals surface area contributed by atoms with Gasteiger partial charge in [-0.1, -0.05) is 103 Å². The van der Waals surface area contributed by atoms with Crippen molar-refractivity contribution in [3.63, 3.8) is 0 Å². The lowest BCUT2D eigenvalue weighted by atomic mass is 9.94. The molecule has 0 fully saturated rings. The Bertz CT molecular complexity index is 1750. The number of fused-ring (bicyclic) bond motifs is 1. The van der Waals surface area contributed by atoms with Crippen molar-refractivity contribution >= 4 is 32.6 Å². The Kier molecular flexibility index (Phi) is 8.64. The molecule has 5 aromatic rings. The summed E-state index contributed by atoms with van der Waals surface area (Å²) < 4.78 is 34.1. The van der Waals surface area contributed by atoms with E-state index in [0.717, 1.165) is 16.5 Å². The van der Waals surface area contributed by atoms with Gasteiger partial charge in [-0.15, -0.1) is 0 Å². The number of methoxy groups -OCH3 is 1. The Hall–Kier alpha value is -4.95. The van der Waals surface area contributed by atoms with Crippen molar-refractivity contribution in [3.8, 4) is 5.75 Å². The van der Waals surface area contributed by atoms with Crippen LogP contribution >= 0.6 is 0 Å². The van der Waals surface area contributed by atoms with Crippen LogP contribution < -0.4 is 14.8 Å². The highest BCUT2D eigenvalue weighted by Crippen LogP contribution is 2.24. The number of rotatable bonds is 10. The number of benzene rings is 5. The molecule has 5 rings (SSSR count). The highest BCUT2D eigenvalue weighted by Gasteiger charge is 2.32. The van der Waals surface area contributed by atoms with E-state index in [2.05, 4.69) is 10.0 Å². The first-order chi connectivity index (χ1) is 20.3. The Morgan fingerprint density at radius 3 is 1.86 bits per heavy atom. The molecule has 0 saturated heterocycles. The lowest BCUT2D eigenvalue weighted by Crippen LogP contribution is -2.45. The van der Waals surface area contributed by atoms with E-state index in [1.165, 1.54) is 12.1 Å². The maximum absolute atomic E-state index is 13.9. The van der Waals surface area contributed by atoms with Crippen molar-refractivity contribution < 1.29 is 22.7 Å². The lowest BCUT2D eigenvalue weighted by molar-refractivity contribution is -0.134. The first-order valence-electron chi connectivity index (χ1n) is 13.4. The molecule has 0 heterocycles. The summed E-state index contributed by atoms with van der Waals surface area (Å²) in [5.74, 6) is -2.24. The van der Waals surface area contributed by atoms with Gasteiger partial charge in [0, 0.05) is 0 Å². The van der Waals surface area contributed by atoms with E-state index < -0.39 is 33.8 Å². The number of hydrogen-bond acceptors (Lipinski definition) is 5. The second-order valence-electron chi connectivity index (χ2n) is 9.85. The van der Waals surface area contributed by atoms with Crippen molar-refractivity contribution in [3.05, 3.63) is 144 Å². The molecule has 1 unspecified atom stereocenters. The highest BCUT2D eigenvalue weighted by atomic mass is 32.2. The van der Waals surface area contributed by atoms with E-state index in [1.807, 2.05) is 78.9 Å². The molecule has 212 valence electrons. The van der Waals surface area contributed by atoms with Gasteiger partial charge in [-0.3, -0.25) is 9.59 Å². The summed E-state index contributed by atoms with van der Waals surface area (Å²) >= 11 is 0. The molecule has 1 atom stereocenters. The van der Waals surface area contributed by atoms with Crippen molar-refractivity contribution in [2.24, 2.45) is 5.92 Å². The number of ether oxygens (including phenoxy) is 1. The van der Waals surface area contributed by atoms with Crippen molar-refractivity contribution in [1.82, 2.24) is 10.0 Å². The van der Waals surface area contributed by atoms with Crippen LogP contribution in [-0.2, 0) is 26.0 Å². The molecule has 8 heteroatoms. The van der Waals surface area contributed by atoms with E-state index >= 15 is 0 Å². The fourth-order valence-corrected chi connectivity index (χ4v) is 5.85. The molecular weight excluding hydrogens is 548 g/mol. The van der Waals surface area contributed by atoms with Crippen LogP contribution in [0.15, 0.2) is 132 Å². The number of carbonyl (C=O) groups is 2. The summed E-state index contributed by atoms with van der Waals surface area (Å²) in [6.07, 6.45) is -0.0226. The summed E-state index contributed by atoms with van der Waals surface area (Å²) in [4.78, 5) is 27.5. The zero-order chi connectivity index (χ0) is 29.5. The van der Waals surface area contributed by atoms with Gasteiger partial charge in [0.25, 0.3) is 10.0 Å². The first-order valence-corrected chi connectivity index (χ1v) is 14.9. The zero-order valence-electron chi connectivity index (χ0n) is 22.9. The normalized spacial score (nSPS) is 12.0. The van der Waals surface area contributed by atoms with Crippen LogP contribution in [0.5, 0.6) is 5.75 Å². The van der Waals surface area contributed by atoms with E-state index in [4.69, 9.17) is 4.74 Å². The third-order valence-electron chi connectivity index (χ3n) is 7.05. The largest absolute Gasteiger partial charge is 0.497 e. The molecular formula is C34H30N2O5S. The molecule has 0 aliphatic carbocycles. The fraction of sp³-hybridized carbons (Fsp3) is 0.118. The summed E-state index contributed by atoms with van der Waals surface area (Å²) in [5, 5.41) is 4.59. The predicted octanol–water partition coefficient (Wildman–Crippen LogP) is 5.42. The molecule has 0 spiro atoms. The van der Waals surface area contributed by atoms with Gasteiger partial charge in [0.15, 0.2) is 0 Å². The number of nitrogens with one attached hydrogen (secondary N) is 2. The van der Waals surface area contributed by atoms with Gasteiger partial charge in [-0.25, -0.2) is 13.1 Å². The van der Waals surface area contributed by atoms with Gasteiger partial charge in [0.05, 0.1) is 18.0 Å². The molecule has 0 bridgehead atoms. The summed E-state index contributed by atoms with van der Waals surface area (Å²) in [5.41, 5.74) is 2.32. The quantitative estimate of drug-likeness (QED) is 0.216. The summed E-state index contributed by atoms with van der Waals surface area (Å²) in [7, 11) is -2.72. The van der Waals surface area contributed by atoms with Crippen LogP contribution in [0, 0.1) is 5.92 Å². The van der Waals surface area contributed by atoms with Crippen molar-refractivity contribution in [1.29, 1.82) is 0 Å². The maximum Gasteiger partial charge on any atom is 0.264 e. The van der Waals surface area contributed by atoms with Gasteiger partial charge in [0.2, 0.25) is 11.8 Å². The monoisotopic (exact) mass is 578 g/mol. The molecule has 0 aromatic heterocycles. The number of carbonyl (C=O) groups excluding carboxylic acids is 2. The Balaban J connectivity index is 1.46. The SMILES string of the molecule is COc1ccc(CC(C(=O)NC(c2ccccc2)c2ccccc2)C(=O)NS(=O)(=O)c2ccc3ccccc3c2)cc1. The predicted molar refractivity (Wildman–Crippen MR) is 162 cm³/mol. The third kappa shape index (κ3) is 6.67. The zero-order valence-corrected chi connectivity index (χ0v) is 23.8. The van der Waals surface area contributed by atoms with E-state index in [-0.39, 0.29) is 11.3 Å². The van der Waals surface area contributed by atoms with E-state index in [0.29, 0.717) is 16.7 Å². The second kappa shape index (κ2) is 12.7. The smallest absolute Gasteiger partial charge is 0.264 e. The van der Waals surface area contributed by atoms with Gasteiger partial charge in [0.1, 0.15) is 11.7 Å². The van der Waals surface area contributed by atoms with Crippen LogP contribution in [0.25, 0.3) is 10.8 Å². The minimum absolute atomic E-state index is 0.0226. The number of hydrogen-bond donors (Lipinski definition) is 2. The van der Waals surface area contributed by atoms with E-state index in [1.54, 1.807) is 43.5 Å². The van der Waals surface area contributed by atoms with Crippen molar-refractivity contribution in [2.75, 3.05) is 7.11 Å². The summed E-state index contributed by atoms with van der Waals surface area (Å²) in [6.45, 7) is 0. The highest BCUT2D eigenvalue weighted by molar-refractivity contribution is 7.90. The number of sulfonamides is 1. The van der Waals surface area contributed by atoms with Crippen LogP contribution in [0.4, 0.5) is 0 Å². The number of amides is 2. The average molecular weight is 579 g/mol. The van der Waals surface area contributed by atoms with Gasteiger partial charge < -0.3 is 10.1 Å². The van der Waals surface area contributed by atoms with Crippen LogP contribution in [0.2, 0.25) is 0 Å². The molecule has 5 aromatic carbocycles. The molecule has 2 N–H and O–H groups in total. The Morgan fingerprint density at radius 1 is 0.690 bits per heavy atom. The fourth-order valence-electron chi connectivity index (χ4n) is 4.79. The van der Waals surface area contributed by atoms with Crippen LogP contribution in [0.1, 0.15) is 22.7 Å². The summed E-state index contributed by atoms with van der Waals surface area (Å²) in [6, 6.07) is 37.2. The van der Waals surface area contributed by atoms with Crippen molar-refractivity contribution in [2.45, 2.75) is 17.4 Å². The average Bonchev–Trinajstić information content (AvgIpc) is 3.03. The molecule has 0 aliphatic heterocycles. The van der Waals surface area contributed by atoms with Crippen LogP contribution in [0.3, 0.4) is 0 Å². The first kappa shape index (κ1) is 28.6. The molecule has 7 nitrogen and oxygen atoms in total. The molecule has 2 amide bonds. The minimum Gasteiger partial charge on any atom is -0.497 e. The molecule has 0 radical (unpaired) electrons. The molecule has 42 heavy (non-hydrogen) atoms. The Labute approximate surface area is 245 Å². The molecule has 0 saturated carbocycles. The minimum atomic E-state index is -4.26. The lowest BCUT2D eigenvalue weighted by Gasteiger charge is -2.23. The Morgan fingerprint density at radius 2 is 1.26 bits per heavy atom. The van der Waals surface area contributed by atoms with Gasteiger partial charge in [-0.05, 0) is 58.1 Å². The molecule has 0 aliphatic rings. The van der Waals surface area contributed by atoms with E-state index in [9.17, 15) is 18.0 Å². The topological polar surface area (TPSA) is 102 Å². The second-order valence-corrected chi connectivity index (χ2v) is 11.5. The van der Waals surface area contributed by atoms with Gasteiger partial charge >= 0.3 is 0 Å². The van der Waals surface area contributed by atoms with Crippen LogP contribution in [-0.4, -0.2) is 27.3 Å². The third-order valence-corrected chi connectivity index (χ3v) is 8.39. The maximum atomic E-state index is 13.9. The standard InChI is InChI=1S/C34H30N2O5S/c1-41-29-19-16-24(17-20-29)22-31(33(37)35-32(26-11-4-2-5-12-26)27-13-6-3-7-14-27)34(38)36-42(39,40)30-21-18-25-10-8-9-15-28(25)23-30/h2-21,23,31-32H,22H2,1H3,(H,35,37)(H,36,38). The van der Waals surface area contributed by atoms with Gasteiger partial charge in [-0.2, -0.15) is 0 Å².